The van der Waals surface area contributed by atoms with E-state index in [2.05, 4.69) is 10.1 Å². The summed E-state index contributed by atoms with van der Waals surface area (Å²) in [6.45, 7) is 0.277. The summed E-state index contributed by atoms with van der Waals surface area (Å²) < 4.78 is 0. The van der Waals surface area contributed by atoms with E-state index in [1.54, 1.807) is 6.20 Å². The van der Waals surface area contributed by atoms with Crippen molar-refractivity contribution in [1.82, 2.24) is 0 Å². The fraction of sp³-hybridized carbons (Fsp3) is 0.167. The Bertz CT molecular complexity index is 285. The van der Waals surface area contributed by atoms with Crippen molar-refractivity contribution < 1.29 is 4.86 Å². The van der Waals surface area contributed by atoms with Crippen molar-refractivity contribution in [2.24, 2.45) is 10.1 Å². The van der Waals surface area contributed by atoms with Crippen LogP contribution in [0.3, 0.4) is 0 Å². The van der Waals surface area contributed by atoms with Crippen LogP contribution in [0.1, 0.15) is 0 Å². The third kappa shape index (κ3) is 0.655. The minimum atomic E-state index is 0.277. The monoisotopic (exact) mass is 135 g/mol. The molecule has 0 spiro atoms. The number of rotatable bonds is 0. The quantitative estimate of drug-likeness (QED) is 0.358. The van der Waals surface area contributed by atoms with Gasteiger partial charge in [0.05, 0.1) is 0 Å². The molecule has 0 saturated carbocycles. The molecule has 2 aliphatic heterocycles. The van der Waals surface area contributed by atoms with Crippen LogP contribution < -0.4 is 0 Å². The van der Waals surface area contributed by atoms with Gasteiger partial charge >= 0.3 is 0 Å². The Hall–Kier alpha value is -1.45. The summed E-state index contributed by atoms with van der Waals surface area (Å²) in [6.07, 6.45) is 5.04. The lowest BCUT2D eigenvalue weighted by Gasteiger charge is -2.04. The van der Waals surface area contributed by atoms with Crippen LogP contribution in [0.15, 0.2) is 34.2 Å². The van der Waals surface area contributed by atoms with Gasteiger partial charge in [-0.3, -0.25) is 4.99 Å². The Morgan fingerprint density at radius 3 is 3.40 bits per heavy atom. The van der Waals surface area contributed by atoms with E-state index in [1.165, 1.54) is 6.20 Å². The highest BCUT2D eigenvalue weighted by Crippen LogP contribution is 2.12. The Morgan fingerprint density at radius 1 is 1.60 bits per heavy atom. The van der Waals surface area contributed by atoms with Gasteiger partial charge in [0.2, 0.25) is 6.54 Å². The summed E-state index contributed by atoms with van der Waals surface area (Å²) in [7, 11) is 0. The molecule has 0 aromatic heterocycles. The van der Waals surface area contributed by atoms with Crippen molar-refractivity contribution in [2.45, 2.75) is 0 Å². The molecule has 4 nitrogen and oxygen atoms in total. The predicted octanol–water partition coefficient (Wildman–Crippen LogP) is 0.815. The number of hydrogen-bond acceptors (Lipinski definition) is 3. The van der Waals surface area contributed by atoms with Crippen LogP contribution in [0.5, 0.6) is 0 Å². The van der Waals surface area contributed by atoms with Crippen LogP contribution in [0.4, 0.5) is 0 Å². The zero-order chi connectivity index (χ0) is 6.97. The van der Waals surface area contributed by atoms with E-state index in [4.69, 9.17) is 0 Å². The van der Waals surface area contributed by atoms with Gasteiger partial charge < -0.3 is 5.21 Å². The fourth-order valence-corrected chi connectivity index (χ4v) is 0.923. The molecule has 2 aliphatic rings. The predicted molar refractivity (Wildman–Crippen MR) is 35.6 cm³/mol. The lowest BCUT2D eigenvalue weighted by atomic mass is 10.2. The minimum absolute atomic E-state index is 0.277. The van der Waals surface area contributed by atoms with E-state index >= 15 is 0 Å². The summed E-state index contributed by atoms with van der Waals surface area (Å²) >= 11 is 0. The molecule has 0 fully saturated rings. The van der Waals surface area contributed by atoms with Gasteiger partial charge in [0, 0.05) is 11.8 Å². The van der Waals surface area contributed by atoms with Crippen molar-refractivity contribution in [3.05, 3.63) is 29.3 Å². The molecule has 0 aromatic carbocycles. The van der Waals surface area contributed by atoms with Gasteiger partial charge in [0.1, 0.15) is 11.9 Å². The molecule has 0 amide bonds. The number of azo groups is 1. The average molecular weight is 135 g/mol. The third-order valence-corrected chi connectivity index (χ3v) is 1.43. The zero-order valence-corrected chi connectivity index (χ0v) is 5.19. The molecule has 10 heavy (non-hydrogen) atoms. The van der Waals surface area contributed by atoms with Crippen LogP contribution in [0.25, 0.3) is 0 Å². The van der Waals surface area contributed by atoms with E-state index in [0.29, 0.717) is 4.86 Å². The lowest BCUT2D eigenvalue weighted by Crippen LogP contribution is -2.17. The highest BCUT2D eigenvalue weighted by atomic mass is 16.5. The Kier molecular flexibility index (Phi) is 0.943. The molecule has 0 saturated heterocycles. The second-order valence-electron chi connectivity index (χ2n) is 2.10. The number of aliphatic imine (C=N–C) groups is 1. The van der Waals surface area contributed by atoms with E-state index in [9.17, 15) is 5.21 Å². The number of nitrogens with zero attached hydrogens (tertiary/aromatic N) is 3. The van der Waals surface area contributed by atoms with Crippen LogP contribution in [-0.4, -0.2) is 17.1 Å². The maximum atomic E-state index is 10.6. The number of fused-ring (bicyclic) bond motifs is 1. The largest absolute Gasteiger partial charge is 0.599 e. The second kappa shape index (κ2) is 1.76. The highest BCUT2D eigenvalue weighted by molar-refractivity contribution is 6.05. The first-order chi connectivity index (χ1) is 4.86. The van der Waals surface area contributed by atoms with E-state index in [-0.39, 0.29) is 6.54 Å². The van der Waals surface area contributed by atoms with Crippen LogP contribution in [0, 0.1) is 5.21 Å². The van der Waals surface area contributed by atoms with E-state index < -0.39 is 0 Å². The van der Waals surface area contributed by atoms with Gasteiger partial charge in [-0.25, -0.2) is 0 Å². The number of allylic oxidation sites excluding steroid dienone is 1. The third-order valence-electron chi connectivity index (χ3n) is 1.43. The van der Waals surface area contributed by atoms with Crippen molar-refractivity contribution in [1.29, 1.82) is 0 Å². The van der Waals surface area contributed by atoms with Crippen LogP contribution >= 0.6 is 0 Å². The standard InChI is InChI=1S/C6H5N3O/c10-9-4-6-5(3-8-9)1-2-7-6/h1-3H,4H2. The smallest absolute Gasteiger partial charge is 0.223 e. The van der Waals surface area contributed by atoms with Crippen molar-refractivity contribution in [3.63, 3.8) is 0 Å². The first-order valence-corrected chi connectivity index (χ1v) is 2.95. The van der Waals surface area contributed by atoms with Gasteiger partial charge in [0.25, 0.3) is 0 Å². The van der Waals surface area contributed by atoms with Gasteiger partial charge in [-0.15, -0.1) is 0 Å². The zero-order valence-electron chi connectivity index (χ0n) is 5.19. The normalized spacial score (nSPS) is 21.4. The summed E-state index contributed by atoms with van der Waals surface area (Å²) in [5, 5.41) is 14.2. The second-order valence-corrected chi connectivity index (χ2v) is 2.10. The average Bonchev–Trinajstić information content (AvgIpc) is 2.33. The van der Waals surface area contributed by atoms with Gasteiger partial charge in [-0.2, -0.15) is 0 Å². The van der Waals surface area contributed by atoms with Gasteiger partial charge in [-0.05, 0) is 11.2 Å². The molecule has 0 N–H and O–H groups in total. The van der Waals surface area contributed by atoms with Crippen LogP contribution in [-0.2, 0) is 0 Å². The van der Waals surface area contributed by atoms with Crippen LogP contribution in [0.2, 0.25) is 0 Å². The Morgan fingerprint density at radius 2 is 2.50 bits per heavy atom. The number of hydrogen-bond donors (Lipinski definition) is 0. The Labute approximate surface area is 57.5 Å². The molecule has 0 bridgehead atoms. The Balaban J connectivity index is 2.42. The maximum absolute atomic E-state index is 10.6. The molecule has 0 unspecified atom stereocenters. The van der Waals surface area contributed by atoms with Gasteiger partial charge in [-0.1, -0.05) is 4.86 Å². The molecule has 0 aromatic rings. The summed E-state index contributed by atoms with van der Waals surface area (Å²) in [5.74, 6) is 0. The number of hydroxylamine groups is 1. The van der Waals surface area contributed by atoms with Crippen molar-refractivity contribution in [3.8, 4) is 0 Å². The molecular formula is C6H5N3O. The molecule has 2 heterocycles. The van der Waals surface area contributed by atoms with Gasteiger partial charge in [0.15, 0.2) is 0 Å². The SMILES string of the molecule is [O-][N+]1=NC=C2C=CN=C2C1. The van der Waals surface area contributed by atoms with E-state index in [1.807, 2.05) is 6.08 Å². The summed E-state index contributed by atoms with van der Waals surface area (Å²) in [6, 6.07) is 0. The van der Waals surface area contributed by atoms with Crippen molar-refractivity contribution >= 4 is 5.71 Å². The molecule has 0 aliphatic carbocycles. The fourth-order valence-electron chi connectivity index (χ4n) is 0.923. The molecule has 50 valence electrons. The first kappa shape index (κ1) is 5.34. The lowest BCUT2D eigenvalue weighted by molar-refractivity contribution is -0.511. The summed E-state index contributed by atoms with van der Waals surface area (Å²) in [4.78, 5) is 4.59. The van der Waals surface area contributed by atoms with E-state index in [0.717, 1.165) is 11.3 Å². The first-order valence-electron chi connectivity index (χ1n) is 2.95. The topological polar surface area (TPSA) is 50.8 Å². The maximum Gasteiger partial charge on any atom is 0.223 e. The van der Waals surface area contributed by atoms with Crippen molar-refractivity contribution in [2.75, 3.05) is 6.54 Å². The summed E-state index contributed by atoms with van der Waals surface area (Å²) in [5.41, 5.74) is 1.76. The molecule has 4 heteroatoms. The molecule has 0 atom stereocenters. The minimum Gasteiger partial charge on any atom is -0.599 e. The molecular weight excluding hydrogens is 130 g/mol. The molecule has 2 rings (SSSR count). The highest BCUT2D eigenvalue weighted by Gasteiger charge is 2.16. The molecule has 0 radical (unpaired) electrons.